The quantitative estimate of drug-likeness (QED) is 0.365. The molecular formula is C26H30N4O2S. The Hall–Kier alpha value is -3.16. The second-order valence-corrected chi connectivity index (χ2v) is 9.14. The van der Waals surface area contributed by atoms with Crippen molar-refractivity contribution in [3.63, 3.8) is 0 Å². The Morgan fingerprint density at radius 2 is 1.82 bits per heavy atom. The van der Waals surface area contributed by atoms with Gasteiger partial charge in [0.1, 0.15) is 0 Å². The van der Waals surface area contributed by atoms with Crippen molar-refractivity contribution in [3.05, 3.63) is 76.4 Å². The van der Waals surface area contributed by atoms with E-state index in [1.807, 2.05) is 36.9 Å². The van der Waals surface area contributed by atoms with Crippen molar-refractivity contribution in [2.24, 2.45) is 0 Å². The number of anilines is 1. The zero-order chi connectivity index (χ0) is 23.4. The van der Waals surface area contributed by atoms with Gasteiger partial charge in [0.05, 0.1) is 12.3 Å². The molecule has 2 aromatic heterocycles. The maximum Gasteiger partial charge on any atom is 0.321 e. The van der Waals surface area contributed by atoms with E-state index >= 15 is 0 Å². The van der Waals surface area contributed by atoms with Gasteiger partial charge in [0.2, 0.25) is 0 Å². The number of fused-ring (bicyclic) bond motifs is 1. The fraction of sp³-hybridized carbons (Fsp3) is 0.308. The van der Waals surface area contributed by atoms with E-state index in [0.717, 1.165) is 45.1 Å². The number of imidazole rings is 1. The van der Waals surface area contributed by atoms with Gasteiger partial charge >= 0.3 is 6.03 Å². The molecule has 2 aromatic carbocycles. The summed E-state index contributed by atoms with van der Waals surface area (Å²) < 4.78 is 7.39. The highest BCUT2D eigenvalue weighted by molar-refractivity contribution is 7.15. The SMILES string of the molecule is COCCN(CCc1csc2nc(-c3ccc(C)cc3)cn12)C(=O)Nc1c(C)cccc1C. The number of ether oxygens (including phenoxy) is 1. The van der Waals surface area contributed by atoms with E-state index in [9.17, 15) is 4.79 Å². The Labute approximate surface area is 198 Å². The predicted molar refractivity (Wildman–Crippen MR) is 135 cm³/mol. The smallest absolute Gasteiger partial charge is 0.321 e. The number of thiazole rings is 1. The molecule has 33 heavy (non-hydrogen) atoms. The summed E-state index contributed by atoms with van der Waals surface area (Å²) in [5, 5.41) is 5.22. The number of carbonyl (C=O) groups excluding carboxylic acids is 1. The van der Waals surface area contributed by atoms with Crippen molar-refractivity contribution in [1.82, 2.24) is 14.3 Å². The van der Waals surface area contributed by atoms with E-state index < -0.39 is 0 Å². The van der Waals surface area contributed by atoms with Crippen LogP contribution in [0, 0.1) is 20.8 Å². The first-order valence-corrected chi connectivity index (χ1v) is 12.0. The number of hydrogen-bond donors (Lipinski definition) is 1. The highest BCUT2D eigenvalue weighted by Gasteiger charge is 2.17. The summed E-state index contributed by atoms with van der Waals surface area (Å²) in [6, 6.07) is 14.3. The van der Waals surface area contributed by atoms with Gasteiger partial charge in [-0.1, -0.05) is 48.0 Å². The minimum Gasteiger partial charge on any atom is -0.383 e. The van der Waals surface area contributed by atoms with Crippen molar-refractivity contribution >= 4 is 28.0 Å². The Balaban J connectivity index is 1.49. The number of methoxy groups -OCH3 is 1. The van der Waals surface area contributed by atoms with Gasteiger partial charge in [0.15, 0.2) is 4.96 Å². The molecule has 0 fully saturated rings. The highest BCUT2D eigenvalue weighted by atomic mass is 32.1. The van der Waals surface area contributed by atoms with Gasteiger partial charge in [0.25, 0.3) is 0 Å². The molecule has 0 saturated heterocycles. The van der Waals surface area contributed by atoms with Crippen molar-refractivity contribution < 1.29 is 9.53 Å². The lowest BCUT2D eigenvalue weighted by Gasteiger charge is -2.24. The molecule has 4 rings (SSSR count). The average molecular weight is 463 g/mol. The Morgan fingerprint density at radius 3 is 2.52 bits per heavy atom. The number of carbonyl (C=O) groups is 1. The van der Waals surface area contributed by atoms with Crippen LogP contribution in [0.2, 0.25) is 0 Å². The zero-order valence-corrected chi connectivity index (χ0v) is 20.4. The molecule has 172 valence electrons. The van der Waals surface area contributed by atoms with Crippen LogP contribution in [0.4, 0.5) is 10.5 Å². The van der Waals surface area contributed by atoms with E-state index in [-0.39, 0.29) is 6.03 Å². The monoisotopic (exact) mass is 462 g/mol. The first-order valence-electron chi connectivity index (χ1n) is 11.1. The number of urea groups is 1. The normalized spacial score (nSPS) is 11.2. The molecule has 0 aliphatic carbocycles. The largest absolute Gasteiger partial charge is 0.383 e. The lowest BCUT2D eigenvalue weighted by Crippen LogP contribution is -2.39. The van der Waals surface area contributed by atoms with Crippen LogP contribution in [0.15, 0.2) is 54.0 Å². The topological polar surface area (TPSA) is 58.9 Å². The number of aryl methyl sites for hydroxylation is 3. The molecule has 0 unspecified atom stereocenters. The van der Waals surface area contributed by atoms with Crippen LogP contribution < -0.4 is 5.32 Å². The third-order valence-corrected chi connectivity index (χ3v) is 6.72. The van der Waals surface area contributed by atoms with Crippen LogP contribution in [0.25, 0.3) is 16.2 Å². The van der Waals surface area contributed by atoms with Gasteiger partial charge < -0.3 is 15.0 Å². The third kappa shape index (κ3) is 5.26. The van der Waals surface area contributed by atoms with Crippen LogP contribution in [-0.2, 0) is 11.2 Å². The van der Waals surface area contributed by atoms with Gasteiger partial charge in [-0.2, -0.15) is 0 Å². The molecule has 0 radical (unpaired) electrons. The summed E-state index contributed by atoms with van der Waals surface area (Å²) in [4.78, 5) is 20.7. The lowest BCUT2D eigenvalue weighted by atomic mass is 10.1. The van der Waals surface area contributed by atoms with E-state index in [2.05, 4.69) is 52.5 Å². The lowest BCUT2D eigenvalue weighted by molar-refractivity contribution is 0.155. The molecule has 4 aromatic rings. The second-order valence-electron chi connectivity index (χ2n) is 8.30. The van der Waals surface area contributed by atoms with Gasteiger partial charge in [0, 0.05) is 55.1 Å². The molecule has 2 amide bonds. The molecule has 0 aliphatic heterocycles. The first kappa shape index (κ1) is 23.0. The van der Waals surface area contributed by atoms with Crippen molar-refractivity contribution in [1.29, 1.82) is 0 Å². The van der Waals surface area contributed by atoms with Crippen LogP contribution in [-0.4, -0.2) is 47.1 Å². The van der Waals surface area contributed by atoms with E-state index in [1.54, 1.807) is 18.4 Å². The van der Waals surface area contributed by atoms with Crippen LogP contribution >= 0.6 is 11.3 Å². The minimum absolute atomic E-state index is 0.109. The van der Waals surface area contributed by atoms with E-state index in [4.69, 9.17) is 9.72 Å². The summed E-state index contributed by atoms with van der Waals surface area (Å²) in [5.74, 6) is 0. The Kier molecular flexibility index (Phi) is 7.11. The van der Waals surface area contributed by atoms with Gasteiger partial charge in [-0.3, -0.25) is 4.40 Å². The number of para-hydroxylation sites is 1. The van der Waals surface area contributed by atoms with Crippen molar-refractivity contribution in [3.8, 4) is 11.3 Å². The molecule has 0 bridgehead atoms. The van der Waals surface area contributed by atoms with E-state index in [0.29, 0.717) is 19.7 Å². The number of aromatic nitrogens is 2. The summed E-state index contributed by atoms with van der Waals surface area (Å²) in [5.41, 5.74) is 7.43. The first-order chi connectivity index (χ1) is 16.0. The Morgan fingerprint density at radius 1 is 1.09 bits per heavy atom. The molecule has 7 heteroatoms. The molecule has 1 N–H and O–H groups in total. The Bertz CT molecular complexity index is 1220. The number of nitrogens with one attached hydrogen (secondary N) is 1. The zero-order valence-electron chi connectivity index (χ0n) is 19.6. The number of rotatable bonds is 8. The summed E-state index contributed by atoms with van der Waals surface area (Å²) in [6.07, 6.45) is 2.82. The minimum atomic E-state index is -0.109. The summed E-state index contributed by atoms with van der Waals surface area (Å²) in [6.45, 7) is 7.70. The maximum atomic E-state index is 13.1. The number of nitrogens with zero attached hydrogens (tertiary/aromatic N) is 3. The molecular weight excluding hydrogens is 432 g/mol. The number of hydrogen-bond acceptors (Lipinski definition) is 4. The number of benzene rings is 2. The molecule has 0 atom stereocenters. The standard InChI is InChI=1S/C26H30N4O2S/c1-18-8-10-21(11-9-18)23-16-30-22(17-33-26(30)27-23)12-13-29(14-15-32-4)25(31)28-24-19(2)6-5-7-20(24)3/h5-11,16-17H,12-15H2,1-4H3,(H,28,31). The third-order valence-electron chi connectivity index (χ3n) is 5.83. The van der Waals surface area contributed by atoms with Crippen LogP contribution in [0.1, 0.15) is 22.4 Å². The molecule has 2 heterocycles. The van der Waals surface area contributed by atoms with Crippen molar-refractivity contribution in [2.45, 2.75) is 27.2 Å². The molecule has 0 aliphatic rings. The number of amides is 2. The fourth-order valence-electron chi connectivity index (χ4n) is 3.84. The molecule has 6 nitrogen and oxygen atoms in total. The maximum absolute atomic E-state index is 13.1. The van der Waals surface area contributed by atoms with Crippen LogP contribution in [0.3, 0.4) is 0 Å². The average Bonchev–Trinajstić information content (AvgIpc) is 3.38. The predicted octanol–water partition coefficient (Wildman–Crippen LogP) is 5.71. The van der Waals surface area contributed by atoms with Crippen LogP contribution in [0.5, 0.6) is 0 Å². The second kappa shape index (κ2) is 10.2. The molecule has 0 saturated carbocycles. The van der Waals surface area contributed by atoms with Crippen molar-refractivity contribution in [2.75, 3.05) is 32.1 Å². The van der Waals surface area contributed by atoms with Gasteiger partial charge in [-0.05, 0) is 31.9 Å². The van der Waals surface area contributed by atoms with Gasteiger partial charge in [-0.15, -0.1) is 11.3 Å². The fourth-order valence-corrected chi connectivity index (χ4v) is 4.74. The van der Waals surface area contributed by atoms with Gasteiger partial charge in [-0.25, -0.2) is 9.78 Å². The highest BCUT2D eigenvalue weighted by Crippen LogP contribution is 2.25. The summed E-state index contributed by atoms with van der Waals surface area (Å²) in [7, 11) is 1.65. The summed E-state index contributed by atoms with van der Waals surface area (Å²) >= 11 is 1.63. The van der Waals surface area contributed by atoms with E-state index in [1.165, 1.54) is 5.56 Å². The molecule has 0 spiro atoms.